The highest BCUT2D eigenvalue weighted by Crippen LogP contribution is 2.26. The van der Waals surface area contributed by atoms with Gasteiger partial charge in [0.15, 0.2) is 5.16 Å². The van der Waals surface area contributed by atoms with Gasteiger partial charge in [0.25, 0.3) is 0 Å². The molecule has 3 nitrogen and oxygen atoms in total. The molecule has 1 aromatic carbocycles. The summed E-state index contributed by atoms with van der Waals surface area (Å²) in [6.07, 6.45) is 4.69. The highest BCUT2D eigenvalue weighted by atomic mass is 32.2. The van der Waals surface area contributed by atoms with E-state index < -0.39 is 0 Å². The van der Waals surface area contributed by atoms with E-state index in [0.717, 1.165) is 16.7 Å². The largest absolute Gasteiger partial charge is 0.493 e. The molecule has 1 aromatic heterocycles. The van der Waals surface area contributed by atoms with E-state index in [4.69, 9.17) is 4.74 Å². The second kappa shape index (κ2) is 8.95. The normalized spacial score (nSPS) is 12.1. The molecule has 0 fully saturated rings. The molecule has 0 N–H and O–H groups in total. The highest BCUT2D eigenvalue weighted by molar-refractivity contribution is 8.00. The first-order chi connectivity index (χ1) is 10.3. The van der Waals surface area contributed by atoms with E-state index in [1.807, 2.05) is 30.0 Å². The number of aromatic nitrogens is 2. The van der Waals surface area contributed by atoms with Crippen molar-refractivity contribution in [1.82, 2.24) is 9.97 Å². The molecule has 1 unspecified atom stereocenters. The second-order valence-electron chi connectivity index (χ2n) is 4.54. The van der Waals surface area contributed by atoms with Crippen LogP contribution < -0.4 is 4.74 Å². The molecule has 2 rings (SSSR count). The first kappa shape index (κ1) is 16.2. The average Bonchev–Trinajstić information content (AvgIpc) is 2.54. The van der Waals surface area contributed by atoms with Gasteiger partial charge in [-0.1, -0.05) is 25.6 Å². The molecule has 0 radical (unpaired) electrons. The smallest absolute Gasteiger partial charge is 0.187 e. The summed E-state index contributed by atoms with van der Waals surface area (Å²) in [6, 6.07) is 10.1. The van der Waals surface area contributed by atoms with Gasteiger partial charge in [0.1, 0.15) is 5.75 Å². The summed E-state index contributed by atoms with van der Waals surface area (Å²) in [5.74, 6) is 1.76. The van der Waals surface area contributed by atoms with Crippen LogP contribution in [0, 0.1) is 0 Å². The zero-order chi connectivity index (χ0) is 14.9. The first-order valence-corrected chi connectivity index (χ1v) is 8.94. The van der Waals surface area contributed by atoms with Crippen molar-refractivity contribution >= 4 is 23.5 Å². The van der Waals surface area contributed by atoms with E-state index >= 15 is 0 Å². The number of rotatable bonds is 8. The van der Waals surface area contributed by atoms with Gasteiger partial charge < -0.3 is 4.74 Å². The van der Waals surface area contributed by atoms with Crippen molar-refractivity contribution in [3.63, 3.8) is 0 Å². The number of benzene rings is 1. The lowest BCUT2D eigenvalue weighted by atomic mass is 10.3. The number of thioether (sulfide) groups is 2. The van der Waals surface area contributed by atoms with E-state index in [-0.39, 0.29) is 0 Å². The lowest BCUT2D eigenvalue weighted by Crippen LogP contribution is -2.00. The lowest BCUT2D eigenvalue weighted by Gasteiger charge is -2.09. The van der Waals surface area contributed by atoms with Gasteiger partial charge in [-0.25, -0.2) is 9.97 Å². The van der Waals surface area contributed by atoms with Crippen molar-refractivity contribution in [2.24, 2.45) is 0 Å². The standard InChI is InChI=1S/C16H20N2OS2/c1-3-13(2)21-15-7-5-14(6-8-15)19-11-12-20-16-17-9-4-10-18-16/h4-10,13H,3,11-12H2,1-2H3. The van der Waals surface area contributed by atoms with Crippen molar-refractivity contribution in [2.75, 3.05) is 12.4 Å². The van der Waals surface area contributed by atoms with Gasteiger partial charge in [-0.3, -0.25) is 0 Å². The van der Waals surface area contributed by atoms with Crippen LogP contribution in [0.4, 0.5) is 0 Å². The molecule has 0 aliphatic rings. The molecule has 0 spiro atoms. The van der Waals surface area contributed by atoms with E-state index in [2.05, 4.69) is 35.9 Å². The quantitative estimate of drug-likeness (QED) is 0.405. The molecule has 0 amide bonds. The Morgan fingerprint density at radius 1 is 1.14 bits per heavy atom. The molecular formula is C16H20N2OS2. The van der Waals surface area contributed by atoms with Gasteiger partial charge in [0.05, 0.1) is 6.61 Å². The van der Waals surface area contributed by atoms with Crippen molar-refractivity contribution in [2.45, 2.75) is 35.6 Å². The summed E-state index contributed by atoms with van der Waals surface area (Å²) < 4.78 is 5.73. The fourth-order valence-corrected chi connectivity index (χ4v) is 3.13. The fraction of sp³-hybridized carbons (Fsp3) is 0.375. The van der Waals surface area contributed by atoms with Crippen LogP contribution in [0.3, 0.4) is 0 Å². The summed E-state index contributed by atoms with van der Waals surface area (Å²) in [6.45, 7) is 5.11. The van der Waals surface area contributed by atoms with Crippen molar-refractivity contribution in [3.05, 3.63) is 42.7 Å². The molecule has 0 saturated heterocycles. The lowest BCUT2D eigenvalue weighted by molar-refractivity contribution is 0.343. The maximum atomic E-state index is 5.73. The number of hydrogen-bond donors (Lipinski definition) is 0. The molecule has 2 aromatic rings. The second-order valence-corrected chi connectivity index (χ2v) is 7.11. The third-order valence-electron chi connectivity index (χ3n) is 2.86. The SMILES string of the molecule is CCC(C)Sc1ccc(OCCSc2ncccn2)cc1. The maximum absolute atomic E-state index is 5.73. The Labute approximate surface area is 134 Å². The molecule has 0 aliphatic heterocycles. The van der Waals surface area contributed by atoms with E-state index in [9.17, 15) is 0 Å². The van der Waals surface area contributed by atoms with Crippen LogP contribution in [0.2, 0.25) is 0 Å². The molecular weight excluding hydrogens is 300 g/mol. The minimum Gasteiger partial charge on any atom is -0.493 e. The molecule has 1 heterocycles. The molecule has 0 saturated carbocycles. The van der Waals surface area contributed by atoms with Crippen molar-refractivity contribution in [3.8, 4) is 5.75 Å². The monoisotopic (exact) mass is 320 g/mol. The Morgan fingerprint density at radius 3 is 2.52 bits per heavy atom. The zero-order valence-electron chi connectivity index (χ0n) is 12.4. The predicted octanol–water partition coefficient (Wildman–Crippen LogP) is 4.54. The van der Waals surface area contributed by atoms with E-state index in [1.165, 1.54) is 11.3 Å². The zero-order valence-corrected chi connectivity index (χ0v) is 14.0. The number of ether oxygens (including phenoxy) is 1. The van der Waals surface area contributed by atoms with Crippen molar-refractivity contribution < 1.29 is 4.74 Å². The number of nitrogens with zero attached hydrogens (tertiary/aromatic N) is 2. The summed E-state index contributed by atoms with van der Waals surface area (Å²) >= 11 is 3.50. The summed E-state index contributed by atoms with van der Waals surface area (Å²) in [5.41, 5.74) is 0. The van der Waals surface area contributed by atoms with Crippen LogP contribution in [0.25, 0.3) is 0 Å². The summed E-state index contributed by atoms with van der Waals surface area (Å²) in [7, 11) is 0. The third-order valence-corrected chi connectivity index (χ3v) is 4.98. The average molecular weight is 320 g/mol. The van der Waals surface area contributed by atoms with Gasteiger partial charge in [0.2, 0.25) is 0 Å². The summed E-state index contributed by atoms with van der Waals surface area (Å²) in [4.78, 5) is 9.62. The van der Waals surface area contributed by atoms with Crippen LogP contribution in [0.15, 0.2) is 52.8 Å². The Morgan fingerprint density at radius 2 is 1.86 bits per heavy atom. The van der Waals surface area contributed by atoms with Crippen LogP contribution in [-0.4, -0.2) is 27.6 Å². The van der Waals surface area contributed by atoms with Gasteiger partial charge in [-0.2, -0.15) is 0 Å². The fourth-order valence-electron chi connectivity index (χ4n) is 1.58. The number of hydrogen-bond acceptors (Lipinski definition) is 5. The Hall–Kier alpha value is -1.20. The molecule has 0 aliphatic carbocycles. The third kappa shape index (κ3) is 5.98. The van der Waals surface area contributed by atoms with Gasteiger partial charge in [-0.05, 0) is 36.8 Å². The van der Waals surface area contributed by atoms with Crippen LogP contribution in [-0.2, 0) is 0 Å². The Balaban J connectivity index is 1.71. The Kier molecular flexibility index (Phi) is 6.89. The minimum absolute atomic E-state index is 0.652. The van der Waals surface area contributed by atoms with E-state index in [1.54, 1.807) is 24.2 Å². The van der Waals surface area contributed by atoms with Gasteiger partial charge >= 0.3 is 0 Å². The van der Waals surface area contributed by atoms with Gasteiger partial charge in [-0.15, -0.1) is 11.8 Å². The molecule has 5 heteroatoms. The predicted molar refractivity (Wildman–Crippen MR) is 90.3 cm³/mol. The maximum Gasteiger partial charge on any atom is 0.187 e. The molecule has 0 bridgehead atoms. The molecule has 1 atom stereocenters. The topological polar surface area (TPSA) is 35.0 Å². The summed E-state index contributed by atoms with van der Waals surface area (Å²) in [5, 5.41) is 1.44. The Bertz CT molecular complexity index is 520. The highest BCUT2D eigenvalue weighted by Gasteiger charge is 2.02. The van der Waals surface area contributed by atoms with Crippen molar-refractivity contribution in [1.29, 1.82) is 0 Å². The van der Waals surface area contributed by atoms with E-state index in [0.29, 0.717) is 11.9 Å². The molecule has 21 heavy (non-hydrogen) atoms. The minimum atomic E-state index is 0.652. The van der Waals surface area contributed by atoms with Crippen LogP contribution >= 0.6 is 23.5 Å². The van der Waals surface area contributed by atoms with Crippen LogP contribution in [0.5, 0.6) is 5.75 Å². The van der Waals surface area contributed by atoms with Gasteiger partial charge in [0, 0.05) is 28.3 Å². The molecule has 112 valence electrons. The van der Waals surface area contributed by atoms with Crippen LogP contribution in [0.1, 0.15) is 20.3 Å². The first-order valence-electron chi connectivity index (χ1n) is 7.07.